The molecular formula is C18H18N4O5. The van der Waals surface area contributed by atoms with Gasteiger partial charge in [0.05, 0.1) is 14.2 Å². The van der Waals surface area contributed by atoms with Crippen molar-refractivity contribution in [3.05, 3.63) is 52.5 Å². The Morgan fingerprint density at radius 1 is 1.19 bits per heavy atom. The molecule has 0 bridgehead atoms. The molecule has 0 radical (unpaired) electrons. The van der Waals surface area contributed by atoms with Gasteiger partial charge in [0.1, 0.15) is 23.7 Å². The highest BCUT2D eigenvalue weighted by Gasteiger charge is 2.15. The number of benzene rings is 1. The molecule has 0 saturated heterocycles. The Bertz CT molecular complexity index is 1010. The van der Waals surface area contributed by atoms with Crippen molar-refractivity contribution in [2.75, 3.05) is 19.5 Å². The van der Waals surface area contributed by atoms with Crippen molar-refractivity contribution in [1.29, 1.82) is 0 Å². The Morgan fingerprint density at radius 2 is 1.93 bits per heavy atom. The number of aromatic nitrogens is 3. The first-order valence-electron chi connectivity index (χ1n) is 8.04. The third-order valence-electron chi connectivity index (χ3n) is 3.74. The van der Waals surface area contributed by atoms with Crippen LogP contribution in [0, 0.1) is 6.92 Å². The van der Waals surface area contributed by atoms with Crippen molar-refractivity contribution in [3.63, 3.8) is 0 Å². The minimum Gasteiger partial charge on any atom is -0.497 e. The molecule has 2 heterocycles. The number of amides is 1. The topological polar surface area (TPSA) is 108 Å². The van der Waals surface area contributed by atoms with Crippen LogP contribution in [0.25, 0.3) is 11.3 Å². The second-order valence-electron chi connectivity index (χ2n) is 5.66. The molecule has 27 heavy (non-hydrogen) atoms. The highest BCUT2D eigenvalue weighted by Crippen LogP contribution is 2.27. The Morgan fingerprint density at radius 3 is 2.52 bits per heavy atom. The summed E-state index contributed by atoms with van der Waals surface area (Å²) in [5.41, 5.74) is 0.689. The molecule has 9 heteroatoms. The van der Waals surface area contributed by atoms with Gasteiger partial charge >= 0.3 is 0 Å². The van der Waals surface area contributed by atoms with E-state index in [2.05, 4.69) is 15.6 Å². The number of hydrogen-bond donors (Lipinski definition) is 1. The zero-order valence-electron chi connectivity index (χ0n) is 15.1. The zero-order valence-corrected chi connectivity index (χ0v) is 15.1. The lowest BCUT2D eigenvalue weighted by Crippen LogP contribution is -2.29. The molecule has 0 fully saturated rings. The van der Waals surface area contributed by atoms with Gasteiger partial charge < -0.3 is 19.3 Å². The summed E-state index contributed by atoms with van der Waals surface area (Å²) in [4.78, 5) is 24.5. The predicted octanol–water partition coefficient (Wildman–Crippen LogP) is 1.86. The number of hydrogen-bond acceptors (Lipinski definition) is 7. The number of carbonyl (C=O) groups excluding carboxylic acids is 1. The number of carbonyl (C=O) groups is 1. The standard InChI is InChI=1S/C18H18N4O5/c1-11-8-15(21-27-11)19-16(23)10-22-17(24)9-14(26-3)18(20-22)12-4-6-13(25-2)7-5-12/h4-9H,10H2,1-3H3,(H,19,21,23). The number of methoxy groups -OCH3 is 2. The van der Waals surface area contributed by atoms with Crippen LogP contribution < -0.4 is 20.3 Å². The second kappa shape index (κ2) is 7.73. The van der Waals surface area contributed by atoms with Crippen LogP contribution in [0.4, 0.5) is 5.82 Å². The number of ether oxygens (including phenoxy) is 2. The lowest BCUT2D eigenvalue weighted by atomic mass is 10.1. The van der Waals surface area contributed by atoms with Crippen molar-refractivity contribution >= 4 is 11.7 Å². The summed E-state index contributed by atoms with van der Waals surface area (Å²) < 4.78 is 16.4. The minimum absolute atomic E-state index is 0.273. The van der Waals surface area contributed by atoms with E-state index >= 15 is 0 Å². The van der Waals surface area contributed by atoms with Crippen molar-refractivity contribution in [1.82, 2.24) is 14.9 Å². The third-order valence-corrected chi connectivity index (χ3v) is 3.74. The Hall–Kier alpha value is -3.62. The molecule has 3 rings (SSSR count). The van der Waals surface area contributed by atoms with Gasteiger partial charge in [-0.15, -0.1) is 0 Å². The number of nitrogens with one attached hydrogen (secondary N) is 1. The fourth-order valence-corrected chi connectivity index (χ4v) is 2.44. The molecular weight excluding hydrogens is 352 g/mol. The number of rotatable bonds is 6. The van der Waals surface area contributed by atoms with Crippen LogP contribution in [0.1, 0.15) is 5.76 Å². The molecule has 1 N–H and O–H groups in total. The quantitative estimate of drug-likeness (QED) is 0.705. The molecule has 0 saturated carbocycles. The minimum atomic E-state index is -0.462. The number of nitrogens with zero attached hydrogens (tertiary/aromatic N) is 3. The monoisotopic (exact) mass is 370 g/mol. The predicted molar refractivity (Wildman–Crippen MR) is 96.9 cm³/mol. The normalized spacial score (nSPS) is 10.5. The first kappa shape index (κ1) is 18.2. The van der Waals surface area contributed by atoms with Crippen LogP contribution >= 0.6 is 0 Å². The van der Waals surface area contributed by atoms with Gasteiger partial charge in [-0.1, -0.05) is 5.16 Å². The van der Waals surface area contributed by atoms with Gasteiger partial charge in [-0.3, -0.25) is 9.59 Å². The average molecular weight is 370 g/mol. The summed E-state index contributed by atoms with van der Waals surface area (Å²) in [6, 6.07) is 9.98. The molecule has 0 spiro atoms. The van der Waals surface area contributed by atoms with Crippen LogP contribution in [0.3, 0.4) is 0 Å². The summed E-state index contributed by atoms with van der Waals surface area (Å²) in [5.74, 6) is 1.38. The zero-order chi connectivity index (χ0) is 19.4. The second-order valence-corrected chi connectivity index (χ2v) is 5.66. The van der Waals surface area contributed by atoms with Gasteiger partial charge in [0.15, 0.2) is 11.6 Å². The smallest absolute Gasteiger partial charge is 0.270 e. The molecule has 0 aliphatic carbocycles. The van der Waals surface area contributed by atoms with Gasteiger partial charge in [0.25, 0.3) is 5.56 Å². The Kier molecular flexibility index (Phi) is 5.20. The lowest BCUT2D eigenvalue weighted by Gasteiger charge is -2.11. The van der Waals surface area contributed by atoms with Crippen LogP contribution in [0.5, 0.6) is 11.5 Å². The maximum Gasteiger partial charge on any atom is 0.270 e. The van der Waals surface area contributed by atoms with E-state index in [1.165, 1.54) is 13.2 Å². The van der Waals surface area contributed by atoms with Crippen molar-refractivity contribution < 1.29 is 18.8 Å². The Balaban J connectivity index is 1.88. The number of aryl methyl sites for hydroxylation is 1. The molecule has 0 aliphatic rings. The molecule has 3 aromatic rings. The first-order chi connectivity index (χ1) is 13.0. The fraction of sp³-hybridized carbons (Fsp3) is 0.222. The largest absolute Gasteiger partial charge is 0.497 e. The van der Waals surface area contributed by atoms with Gasteiger partial charge in [-0.2, -0.15) is 5.10 Å². The van der Waals surface area contributed by atoms with E-state index in [4.69, 9.17) is 14.0 Å². The molecule has 2 aromatic heterocycles. The summed E-state index contributed by atoms with van der Waals surface area (Å²) in [7, 11) is 3.02. The van der Waals surface area contributed by atoms with Gasteiger partial charge in [-0.05, 0) is 31.2 Å². The molecule has 9 nitrogen and oxygen atoms in total. The third kappa shape index (κ3) is 4.14. The maximum absolute atomic E-state index is 12.3. The van der Waals surface area contributed by atoms with E-state index in [9.17, 15) is 9.59 Å². The molecule has 0 unspecified atom stereocenters. The van der Waals surface area contributed by atoms with Crippen LogP contribution in [0.2, 0.25) is 0 Å². The fourth-order valence-electron chi connectivity index (χ4n) is 2.44. The van der Waals surface area contributed by atoms with Crippen molar-refractivity contribution in [2.45, 2.75) is 13.5 Å². The highest BCUT2D eigenvalue weighted by molar-refractivity contribution is 5.89. The van der Waals surface area contributed by atoms with E-state index in [0.717, 1.165) is 4.68 Å². The van der Waals surface area contributed by atoms with E-state index in [1.807, 2.05) is 0 Å². The lowest BCUT2D eigenvalue weighted by molar-refractivity contribution is -0.117. The summed E-state index contributed by atoms with van der Waals surface area (Å²) in [6.07, 6.45) is 0. The summed E-state index contributed by atoms with van der Waals surface area (Å²) in [6.45, 7) is 1.43. The van der Waals surface area contributed by atoms with Crippen molar-refractivity contribution in [2.24, 2.45) is 0 Å². The van der Waals surface area contributed by atoms with E-state index in [1.54, 1.807) is 44.4 Å². The van der Waals surface area contributed by atoms with E-state index < -0.39 is 11.5 Å². The van der Waals surface area contributed by atoms with Gasteiger partial charge in [0, 0.05) is 17.7 Å². The van der Waals surface area contributed by atoms with Crippen LogP contribution in [-0.4, -0.2) is 35.1 Å². The molecule has 1 aromatic carbocycles. The van der Waals surface area contributed by atoms with E-state index in [-0.39, 0.29) is 12.4 Å². The van der Waals surface area contributed by atoms with Crippen molar-refractivity contribution in [3.8, 4) is 22.8 Å². The molecule has 0 atom stereocenters. The first-order valence-corrected chi connectivity index (χ1v) is 8.04. The van der Waals surface area contributed by atoms with Gasteiger partial charge in [-0.25, -0.2) is 4.68 Å². The molecule has 140 valence electrons. The molecule has 1 amide bonds. The molecule has 0 aliphatic heterocycles. The highest BCUT2D eigenvalue weighted by atomic mass is 16.5. The summed E-state index contributed by atoms with van der Waals surface area (Å²) >= 11 is 0. The maximum atomic E-state index is 12.3. The van der Waals surface area contributed by atoms with E-state index in [0.29, 0.717) is 28.5 Å². The van der Waals surface area contributed by atoms with Crippen LogP contribution in [-0.2, 0) is 11.3 Å². The van der Waals surface area contributed by atoms with Gasteiger partial charge in [0.2, 0.25) is 5.91 Å². The number of anilines is 1. The SMILES string of the molecule is COc1ccc(-c2nn(CC(=O)Nc3cc(C)on3)c(=O)cc2OC)cc1. The average Bonchev–Trinajstić information content (AvgIpc) is 3.07. The van der Waals surface area contributed by atoms with Crippen LogP contribution in [0.15, 0.2) is 45.7 Å². The Labute approximate surface area is 154 Å². The summed E-state index contributed by atoms with van der Waals surface area (Å²) in [5, 5.41) is 10.5.